The van der Waals surface area contributed by atoms with Crippen LogP contribution in [0.2, 0.25) is 0 Å². The van der Waals surface area contributed by atoms with Crippen molar-refractivity contribution < 1.29 is 23.9 Å². The summed E-state index contributed by atoms with van der Waals surface area (Å²) in [5.74, 6) is -1.46. The number of ether oxygens (including phenoxy) is 1. The molecule has 2 amide bonds. The molecule has 0 spiro atoms. The van der Waals surface area contributed by atoms with Gasteiger partial charge in [-0.2, -0.15) is 0 Å². The van der Waals surface area contributed by atoms with Gasteiger partial charge in [-0.1, -0.05) is 42.5 Å². The third-order valence-electron chi connectivity index (χ3n) is 6.72. The number of benzene rings is 2. The lowest BCUT2D eigenvalue weighted by molar-refractivity contribution is -0.123. The number of ketones is 1. The quantitative estimate of drug-likeness (QED) is 0.435. The Labute approximate surface area is 173 Å². The summed E-state index contributed by atoms with van der Waals surface area (Å²) in [5.41, 5.74) is 0.817. The van der Waals surface area contributed by atoms with Gasteiger partial charge in [-0.15, -0.1) is 0 Å². The van der Waals surface area contributed by atoms with E-state index in [2.05, 4.69) is 0 Å². The second-order valence-electron chi connectivity index (χ2n) is 8.28. The van der Waals surface area contributed by atoms with E-state index in [1.54, 1.807) is 48.5 Å². The zero-order chi connectivity index (χ0) is 20.8. The minimum absolute atomic E-state index is 0.118. The number of anilines is 1. The Hall–Kier alpha value is -3.28. The van der Waals surface area contributed by atoms with Gasteiger partial charge in [0.2, 0.25) is 11.8 Å². The predicted octanol–water partition coefficient (Wildman–Crippen LogP) is 3.26. The first-order valence-corrected chi connectivity index (χ1v) is 10.3. The number of hydrogen-bond acceptors (Lipinski definition) is 5. The van der Waals surface area contributed by atoms with E-state index in [1.807, 2.05) is 0 Å². The van der Waals surface area contributed by atoms with E-state index in [9.17, 15) is 19.2 Å². The van der Waals surface area contributed by atoms with Crippen molar-refractivity contribution in [1.82, 2.24) is 0 Å². The molecule has 6 nitrogen and oxygen atoms in total. The first-order valence-electron chi connectivity index (χ1n) is 10.3. The third-order valence-corrected chi connectivity index (χ3v) is 6.72. The van der Waals surface area contributed by atoms with E-state index >= 15 is 0 Å². The molecule has 30 heavy (non-hydrogen) atoms. The van der Waals surface area contributed by atoms with E-state index in [1.165, 1.54) is 11.0 Å². The summed E-state index contributed by atoms with van der Waals surface area (Å²) in [7, 11) is 0. The number of amides is 2. The van der Waals surface area contributed by atoms with Crippen molar-refractivity contribution in [3.8, 4) is 0 Å². The highest BCUT2D eigenvalue weighted by atomic mass is 16.5. The first kappa shape index (κ1) is 18.7. The molecule has 0 unspecified atom stereocenters. The number of fused-ring (bicyclic) bond motifs is 5. The van der Waals surface area contributed by atoms with Crippen molar-refractivity contribution in [2.24, 2.45) is 23.7 Å². The molecule has 2 aromatic rings. The first-order chi connectivity index (χ1) is 14.6. The Morgan fingerprint density at radius 3 is 2.13 bits per heavy atom. The highest BCUT2D eigenvalue weighted by molar-refractivity contribution is 6.24. The molecule has 1 heterocycles. The van der Waals surface area contributed by atoms with E-state index in [0.717, 1.165) is 19.3 Å². The van der Waals surface area contributed by atoms with Gasteiger partial charge in [0.15, 0.2) is 12.4 Å². The Morgan fingerprint density at radius 1 is 0.867 bits per heavy atom. The van der Waals surface area contributed by atoms with Crippen molar-refractivity contribution in [2.75, 3.05) is 11.5 Å². The number of esters is 1. The topological polar surface area (TPSA) is 80.8 Å². The maximum Gasteiger partial charge on any atom is 0.340 e. The Balaban J connectivity index is 1.37. The molecule has 4 atom stereocenters. The van der Waals surface area contributed by atoms with Crippen LogP contribution in [0.5, 0.6) is 0 Å². The minimum Gasteiger partial charge on any atom is -0.454 e. The van der Waals surface area contributed by atoms with Crippen LogP contribution in [-0.4, -0.2) is 30.2 Å². The van der Waals surface area contributed by atoms with Gasteiger partial charge < -0.3 is 4.74 Å². The van der Waals surface area contributed by atoms with Crippen LogP contribution >= 0.6 is 0 Å². The minimum atomic E-state index is -0.726. The van der Waals surface area contributed by atoms with Gasteiger partial charge in [0.25, 0.3) is 0 Å². The van der Waals surface area contributed by atoms with Crippen LogP contribution in [0, 0.1) is 23.7 Å². The van der Waals surface area contributed by atoms with Crippen molar-refractivity contribution in [2.45, 2.75) is 19.3 Å². The fraction of sp³-hybridized carbons (Fsp3) is 0.333. The molecular weight excluding hydrogens is 382 g/mol. The van der Waals surface area contributed by atoms with Crippen LogP contribution < -0.4 is 4.90 Å². The normalized spacial score (nSPS) is 26.7. The number of rotatable bonds is 5. The molecule has 2 bridgehead atoms. The number of nitrogens with zero attached hydrogens (tertiary/aromatic N) is 1. The number of imide groups is 1. The highest BCUT2D eigenvalue weighted by Gasteiger charge is 2.61. The average Bonchev–Trinajstić information content (AvgIpc) is 3.46. The monoisotopic (exact) mass is 403 g/mol. The van der Waals surface area contributed by atoms with Gasteiger partial charge in [-0.3, -0.25) is 14.4 Å². The number of hydrogen-bond donors (Lipinski definition) is 0. The molecule has 0 N–H and O–H groups in total. The molecule has 152 valence electrons. The van der Waals surface area contributed by atoms with Crippen LogP contribution in [-0.2, 0) is 14.3 Å². The lowest BCUT2D eigenvalue weighted by Crippen LogP contribution is -2.34. The van der Waals surface area contributed by atoms with E-state index < -0.39 is 12.6 Å². The van der Waals surface area contributed by atoms with Crippen molar-refractivity contribution in [3.63, 3.8) is 0 Å². The van der Waals surface area contributed by atoms with Crippen LogP contribution in [0.1, 0.15) is 40.0 Å². The van der Waals surface area contributed by atoms with E-state index in [-0.39, 0.29) is 52.5 Å². The largest absolute Gasteiger partial charge is 0.454 e. The lowest BCUT2D eigenvalue weighted by atomic mass is 9.81. The van der Waals surface area contributed by atoms with Gasteiger partial charge in [0.1, 0.15) is 0 Å². The lowest BCUT2D eigenvalue weighted by Gasteiger charge is -2.19. The third kappa shape index (κ3) is 2.86. The van der Waals surface area contributed by atoms with Gasteiger partial charge in [0, 0.05) is 5.56 Å². The average molecular weight is 403 g/mol. The smallest absolute Gasteiger partial charge is 0.340 e. The van der Waals surface area contributed by atoms with Crippen molar-refractivity contribution in [3.05, 3.63) is 65.7 Å². The molecule has 3 fully saturated rings. The molecule has 1 aliphatic heterocycles. The molecule has 0 aromatic heterocycles. The van der Waals surface area contributed by atoms with Crippen LogP contribution in [0.25, 0.3) is 0 Å². The fourth-order valence-electron chi connectivity index (χ4n) is 5.40. The second kappa shape index (κ2) is 7.20. The Bertz CT molecular complexity index is 1020. The summed E-state index contributed by atoms with van der Waals surface area (Å²) in [6.45, 7) is -0.408. The maximum atomic E-state index is 13.1. The molecule has 1 saturated heterocycles. The molecule has 6 heteroatoms. The molecule has 0 radical (unpaired) electrons. The van der Waals surface area contributed by atoms with Crippen LogP contribution in [0.3, 0.4) is 0 Å². The van der Waals surface area contributed by atoms with Gasteiger partial charge in [-0.05, 0) is 43.2 Å². The molecule has 3 aliphatic rings. The summed E-state index contributed by atoms with van der Waals surface area (Å²) in [4.78, 5) is 52.4. The van der Waals surface area contributed by atoms with Crippen molar-refractivity contribution in [1.29, 1.82) is 0 Å². The fourth-order valence-corrected chi connectivity index (χ4v) is 5.40. The molecule has 2 aromatic carbocycles. The summed E-state index contributed by atoms with van der Waals surface area (Å²) in [6, 6.07) is 15.0. The van der Waals surface area contributed by atoms with Gasteiger partial charge >= 0.3 is 5.97 Å². The van der Waals surface area contributed by atoms with Crippen LogP contribution in [0.15, 0.2) is 54.6 Å². The second-order valence-corrected chi connectivity index (χ2v) is 8.28. The van der Waals surface area contributed by atoms with Gasteiger partial charge in [-0.25, -0.2) is 9.69 Å². The summed E-state index contributed by atoms with van der Waals surface area (Å²) in [6.07, 6.45) is 2.93. The number of carbonyl (C=O) groups is 4. The Morgan fingerprint density at radius 2 is 1.47 bits per heavy atom. The SMILES string of the molecule is O=C(COC(=O)c1ccccc1N1C(=O)[C@H]2[C@@H]3CC[C@@H](C3)[C@@H]2C1=O)c1ccccc1. The number of Topliss-reactive ketones (excluding diaryl/α,β-unsaturated/α-hetero) is 1. The molecule has 5 rings (SSSR count). The maximum absolute atomic E-state index is 13.1. The van der Waals surface area contributed by atoms with Crippen molar-refractivity contribution >= 4 is 29.3 Å². The number of carbonyl (C=O) groups excluding carboxylic acids is 4. The molecule has 2 aliphatic carbocycles. The summed E-state index contributed by atoms with van der Waals surface area (Å²) < 4.78 is 5.23. The molecule has 2 saturated carbocycles. The zero-order valence-electron chi connectivity index (χ0n) is 16.3. The number of para-hydroxylation sites is 1. The predicted molar refractivity (Wildman–Crippen MR) is 108 cm³/mol. The highest BCUT2D eigenvalue weighted by Crippen LogP contribution is 2.56. The van der Waals surface area contributed by atoms with E-state index in [4.69, 9.17) is 4.74 Å². The Kier molecular flexibility index (Phi) is 4.50. The molecular formula is C24H21NO5. The summed E-state index contributed by atoms with van der Waals surface area (Å²) >= 11 is 0. The standard InChI is InChI=1S/C24H21NO5/c26-19(14-6-2-1-3-7-14)13-30-24(29)17-8-4-5-9-18(17)25-22(27)20-15-10-11-16(12-15)21(20)23(25)28/h1-9,15-16,20-21H,10-13H2/t15-,16+,20-,21-/m0/s1. The summed E-state index contributed by atoms with van der Waals surface area (Å²) in [5, 5.41) is 0. The van der Waals surface area contributed by atoms with E-state index in [0.29, 0.717) is 5.56 Å². The van der Waals surface area contributed by atoms with Gasteiger partial charge in [0.05, 0.1) is 23.1 Å². The van der Waals surface area contributed by atoms with Crippen LogP contribution in [0.4, 0.5) is 5.69 Å². The zero-order valence-corrected chi connectivity index (χ0v) is 16.3.